The Balaban J connectivity index is 1.60. The summed E-state index contributed by atoms with van der Waals surface area (Å²) in [5, 5.41) is 5.69. The number of thiophene rings is 1. The van der Waals surface area contributed by atoms with Gasteiger partial charge in [0.1, 0.15) is 0 Å². The van der Waals surface area contributed by atoms with Gasteiger partial charge in [0.05, 0.1) is 6.54 Å². The largest absolute Gasteiger partial charge is 0.325 e. The van der Waals surface area contributed by atoms with Crippen LogP contribution in [0, 0.1) is 0 Å². The van der Waals surface area contributed by atoms with Gasteiger partial charge in [-0.3, -0.25) is 9.69 Å². The Morgan fingerprint density at radius 2 is 2.14 bits per heavy atom. The molecular weight excluding hydrogens is 304 g/mol. The molecule has 2 aromatic rings. The molecule has 0 unspecified atom stereocenters. The SMILES string of the molecule is O=C(CN1CCC[C@H]1c1cccs1)Nc1ccc(Cl)cc1. The van der Waals surface area contributed by atoms with Gasteiger partial charge in [-0.1, -0.05) is 17.7 Å². The van der Waals surface area contributed by atoms with Crippen molar-refractivity contribution in [3.8, 4) is 0 Å². The summed E-state index contributed by atoms with van der Waals surface area (Å²) in [4.78, 5) is 15.8. The average molecular weight is 321 g/mol. The number of carbonyl (C=O) groups excluding carboxylic acids is 1. The van der Waals surface area contributed by atoms with Crippen LogP contribution in [0.1, 0.15) is 23.8 Å². The zero-order valence-electron chi connectivity index (χ0n) is 11.6. The lowest BCUT2D eigenvalue weighted by atomic mass is 10.2. The van der Waals surface area contributed by atoms with E-state index in [9.17, 15) is 4.79 Å². The molecule has 1 N–H and O–H groups in total. The predicted molar refractivity (Wildman–Crippen MR) is 87.9 cm³/mol. The highest BCUT2D eigenvalue weighted by molar-refractivity contribution is 7.10. The number of halogens is 1. The molecule has 110 valence electrons. The van der Waals surface area contributed by atoms with Crippen molar-refractivity contribution in [3.63, 3.8) is 0 Å². The van der Waals surface area contributed by atoms with E-state index >= 15 is 0 Å². The van der Waals surface area contributed by atoms with Crippen molar-refractivity contribution in [2.45, 2.75) is 18.9 Å². The van der Waals surface area contributed by atoms with Crippen molar-refractivity contribution in [2.75, 3.05) is 18.4 Å². The smallest absolute Gasteiger partial charge is 0.238 e. The number of rotatable bonds is 4. The van der Waals surface area contributed by atoms with E-state index in [1.807, 2.05) is 12.1 Å². The third-order valence-corrected chi connectivity index (χ3v) is 4.94. The summed E-state index contributed by atoms with van der Waals surface area (Å²) in [7, 11) is 0. The van der Waals surface area contributed by atoms with Crippen LogP contribution in [-0.4, -0.2) is 23.9 Å². The van der Waals surface area contributed by atoms with Gasteiger partial charge < -0.3 is 5.32 Å². The molecule has 1 aliphatic rings. The molecule has 3 nitrogen and oxygen atoms in total. The number of amides is 1. The fourth-order valence-corrected chi connectivity index (χ4v) is 3.76. The maximum atomic E-state index is 12.2. The molecule has 0 bridgehead atoms. The molecule has 1 amide bonds. The number of anilines is 1. The standard InChI is InChI=1S/C16H17ClN2OS/c17-12-5-7-13(8-6-12)18-16(20)11-19-9-1-3-14(19)15-4-2-10-21-15/h2,4-8,10,14H,1,3,9,11H2,(H,18,20)/t14-/m0/s1. The minimum atomic E-state index is 0.0285. The monoisotopic (exact) mass is 320 g/mol. The molecule has 1 aliphatic heterocycles. The lowest BCUT2D eigenvalue weighted by molar-refractivity contribution is -0.117. The molecular formula is C16H17ClN2OS. The molecule has 0 saturated carbocycles. The van der Waals surface area contributed by atoms with Crippen LogP contribution in [-0.2, 0) is 4.79 Å². The molecule has 0 radical (unpaired) electrons. The number of nitrogens with one attached hydrogen (secondary N) is 1. The van der Waals surface area contributed by atoms with Crippen molar-refractivity contribution < 1.29 is 4.79 Å². The topological polar surface area (TPSA) is 32.3 Å². The average Bonchev–Trinajstić information content (AvgIpc) is 3.11. The summed E-state index contributed by atoms with van der Waals surface area (Å²) in [6.45, 7) is 1.42. The van der Waals surface area contributed by atoms with Crippen molar-refractivity contribution in [2.24, 2.45) is 0 Å². The molecule has 1 aromatic heterocycles. The van der Waals surface area contributed by atoms with Gasteiger partial charge in [0, 0.05) is 21.6 Å². The normalized spacial score (nSPS) is 18.8. The lowest BCUT2D eigenvalue weighted by Gasteiger charge is -2.22. The molecule has 1 saturated heterocycles. The van der Waals surface area contributed by atoms with Crippen molar-refractivity contribution in [1.82, 2.24) is 4.90 Å². The van der Waals surface area contributed by atoms with E-state index in [0.29, 0.717) is 17.6 Å². The van der Waals surface area contributed by atoms with Gasteiger partial charge in [-0.05, 0) is 55.1 Å². The van der Waals surface area contributed by atoms with Crippen molar-refractivity contribution in [3.05, 3.63) is 51.7 Å². The minimum Gasteiger partial charge on any atom is -0.325 e. The molecule has 3 rings (SSSR count). The van der Waals surface area contributed by atoms with Crippen molar-refractivity contribution in [1.29, 1.82) is 0 Å². The minimum absolute atomic E-state index is 0.0285. The molecule has 2 heterocycles. The fraction of sp³-hybridized carbons (Fsp3) is 0.312. The second-order valence-electron chi connectivity index (χ2n) is 5.20. The van der Waals surface area contributed by atoms with E-state index in [4.69, 9.17) is 11.6 Å². The van der Waals surface area contributed by atoms with Gasteiger partial charge in [-0.25, -0.2) is 0 Å². The Bertz CT molecular complexity index is 597. The highest BCUT2D eigenvalue weighted by Crippen LogP contribution is 2.34. The molecule has 1 atom stereocenters. The molecule has 5 heteroatoms. The van der Waals surface area contributed by atoms with Gasteiger partial charge in [-0.15, -0.1) is 11.3 Å². The van der Waals surface area contributed by atoms with Crippen LogP contribution in [0.4, 0.5) is 5.69 Å². The summed E-state index contributed by atoms with van der Waals surface area (Å²) in [5.41, 5.74) is 0.788. The Morgan fingerprint density at radius 1 is 1.33 bits per heavy atom. The Hall–Kier alpha value is -1.36. The maximum absolute atomic E-state index is 12.2. The molecule has 1 fully saturated rings. The summed E-state index contributed by atoms with van der Waals surface area (Å²) >= 11 is 7.61. The van der Waals surface area contributed by atoms with Crippen LogP contribution >= 0.6 is 22.9 Å². The molecule has 0 spiro atoms. The quantitative estimate of drug-likeness (QED) is 0.916. The van der Waals surface area contributed by atoms with Gasteiger partial charge in [0.25, 0.3) is 0 Å². The highest BCUT2D eigenvalue weighted by Gasteiger charge is 2.28. The predicted octanol–water partition coefficient (Wildman–Crippen LogP) is 4.18. The first-order chi connectivity index (χ1) is 10.2. The van der Waals surface area contributed by atoms with E-state index in [0.717, 1.165) is 25.1 Å². The van der Waals surface area contributed by atoms with E-state index in [1.165, 1.54) is 4.88 Å². The number of hydrogen-bond acceptors (Lipinski definition) is 3. The molecule has 1 aromatic carbocycles. The summed E-state index contributed by atoms with van der Waals surface area (Å²) in [6, 6.07) is 11.8. The Labute approximate surface area is 133 Å². The van der Waals surface area contributed by atoms with Crippen LogP contribution in [0.3, 0.4) is 0 Å². The summed E-state index contributed by atoms with van der Waals surface area (Å²) in [6.07, 6.45) is 2.28. The number of benzene rings is 1. The van der Waals surface area contributed by atoms with Crippen LogP contribution in [0.2, 0.25) is 5.02 Å². The summed E-state index contributed by atoms with van der Waals surface area (Å²) < 4.78 is 0. The first kappa shape index (κ1) is 14.6. The van der Waals surface area contributed by atoms with Gasteiger partial charge in [0.15, 0.2) is 0 Å². The lowest BCUT2D eigenvalue weighted by Crippen LogP contribution is -2.32. The van der Waals surface area contributed by atoms with E-state index < -0.39 is 0 Å². The fourth-order valence-electron chi connectivity index (χ4n) is 2.74. The highest BCUT2D eigenvalue weighted by atomic mass is 35.5. The van der Waals surface area contributed by atoms with E-state index in [2.05, 4.69) is 27.7 Å². The second-order valence-corrected chi connectivity index (χ2v) is 6.61. The van der Waals surface area contributed by atoms with Crippen LogP contribution < -0.4 is 5.32 Å². The van der Waals surface area contributed by atoms with Crippen molar-refractivity contribution >= 4 is 34.5 Å². The first-order valence-corrected chi connectivity index (χ1v) is 8.31. The zero-order valence-corrected chi connectivity index (χ0v) is 13.2. The first-order valence-electron chi connectivity index (χ1n) is 7.05. The van der Waals surface area contributed by atoms with Crippen LogP contribution in [0.25, 0.3) is 0 Å². The number of carbonyl (C=O) groups is 1. The molecule has 21 heavy (non-hydrogen) atoms. The third-order valence-electron chi connectivity index (χ3n) is 3.71. The second kappa shape index (κ2) is 6.60. The number of hydrogen-bond donors (Lipinski definition) is 1. The van der Waals surface area contributed by atoms with E-state index in [-0.39, 0.29) is 5.91 Å². The van der Waals surface area contributed by atoms with Crippen LogP contribution in [0.5, 0.6) is 0 Å². The third kappa shape index (κ3) is 3.64. The summed E-state index contributed by atoms with van der Waals surface area (Å²) in [5.74, 6) is 0.0285. The van der Waals surface area contributed by atoms with E-state index in [1.54, 1.807) is 23.5 Å². The number of nitrogens with zero attached hydrogens (tertiary/aromatic N) is 1. The Morgan fingerprint density at radius 3 is 2.86 bits per heavy atom. The number of likely N-dealkylation sites (tertiary alicyclic amines) is 1. The Kier molecular flexibility index (Phi) is 4.58. The maximum Gasteiger partial charge on any atom is 0.238 e. The molecule has 0 aliphatic carbocycles. The zero-order chi connectivity index (χ0) is 14.7. The van der Waals surface area contributed by atoms with Crippen LogP contribution in [0.15, 0.2) is 41.8 Å². The van der Waals surface area contributed by atoms with Gasteiger partial charge in [-0.2, -0.15) is 0 Å². The van der Waals surface area contributed by atoms with Gasteiger partial charge >= 0.3 is 0 Å². The van der Waals surface area contributed by atoms with Gasteiger partial charge in [0.2, 0.25) is 5.91 Å².